The number of halogens is 1. The molecular formula is C20H19ClN2O4. The van der Waals surface area contributed by atoms with Crippen molar-refractivity contribution < 1.29 is 19.5 Å². The molecule has 140 valence electrons. The molecule has 1 aliphatic rings. The van der Waals surface area contributed by atoms with Crippen molar-refractivity contribution in [2.24, 2.45) is 0 Å². The van der Waals surface area contributed by atoms with Crippen LogP contribution < -0.4 is 10.2 Å². The van der Waals surface area contributed by atoms with E-state index in [1.165, 1.54) is 12.1 Å². The van der Waals surface area contributed by atoms with Crippen LogP contribution in [0.15, 0.2) is 48.5 Å². The Morgan fingerprint density at radius 1 is 1.11 bits per heavy atom. The third-order valence-electron chi connectivity index (χ3n) is 4.52. The molecule has 1 aliphatic heterocycles. The van der Waals surface area contributed by atoms with Crippen LogP contribution in [0.2, 0.25) is 5.02 Å². The van der Waals surface area contributed by atoms with Gasteiger partial charge in [0, 0.05) is 23.7 Å². The predicted octanol–water partition coefficient (Wildman–Crippen LogP) is 2.89. The van der Waals surface area contributed by atoms with Crippen LogP contribution in [0, 0.1) is 0 Å². The Kier molecular flexibility index (Phi) is 5.76. The summed E-state index contributed by atoms with van der Waals surface area (Å²) in [6, 6.07) is 12.9. The Bertz CT molecular complexity index is 849. The standard InChI is InChI=1S/C20H19ClN2O4/c21-15-6-8-16(9-7-15)23-12-11-17(19(23)25)22-18(24)10-3-13-1-4-14(5-2-13)20(26)27/h1-2,4-9,17H,3,10-12H2,(H,22,24)(H,26,27). The molecule has 0 aliphatic carbocycles. The van der Waals surface area contributed by atoms with E-state index < -0.39 is 12.0 Å². The lowest BCUT2D eigenvalue weighted by Crippen LogP contribution is -2.41. The second kappa shape index (κ2) is 8.22. The van der Waals surface area contributed by atoms with E-state index in [4.69, 9.17) is 16.7 Å². The number of hydrogen-bond acceptors (Lipinski definition) is 3. The van der Waals surface area contributed by atoms with Gasteiger partial charge in [0.1, 0.15) is 6.04 Å². The molecule has 0 spiro atoms. The van der Waals surface area contributed by atoms with E-state index in [1.54, 1.807) is 41.3 Å². The zero-order valence-corrected chi connectivity index (χ0v) is 15.3. The van der Waals surface area contributed by atoms with Gasteiger partial charge in [0.05, 0.1) is 5.56 Å². The molecule has 0 aromatic heterocycles. The summed E-state index contributed by atoms with van der Waals surface area (Å²) in [5, 5.41) is 12.3. The quantitative estimate of drug-likeness (QED) is 0.799. The average Bonchev–Trinajstić information content (AvgIpc) is 3.01. The van der Waals surface area contributed by atoms with Crippen molar-refractivity contribution in [1.82, 2.24) is 5.32 Å². The highest BCUT2D eigenvalue weighted by Gasteiger charge is 2.33. The number of carboxylic acids is 1. The highest BCUT2D eigenvalue weighted by molar-refractivity contribution is 6.30. The minimum absolute atomic E-state index is 0.128. The molecule has 1 unspecified atom stereocenters. The fourth-order valence-corrected chi connectivity index (χ4v) is 3.16. The summed E-state index contributed by atoms with van der Waals surface area (Å²) in [5.41, 5.74) is 1.84. The molecule has 0 saturated carbocycles. The molecule has 2 N–H and O–H groups in total. The minimum atomic E-state index is -0.982. The van der Waals surface area contributed by atoms with Crippen LogP contribution in [0.25, 0.3) is 0 Å². The van der Waals surface area contributed by atoms with Crippen molar-refractivity contribution in [2.45, 2.75) is 25.3 Å². The van der Waals surface area contributed by atoms with E-state index in [0.717, 1.165) is 11.3 Å². The number of aryl methyl sites for hydroxylation is 1. The number of amides is 2. The van der Waals surface area contributed by atoms with E-state index in [9.17, 15) is 14.4 Å². The third-order valence-corrected chi connectivity index (χ3v) is 4.77. The van der Waals surface area contributed by atoms with Gasteiger partial charge in [-0.15, -0.1) is 0 Å². The van der Waals surface area contributed by atoms with Crippen LogP contribution in [0.4, 0.5) is 5.69 Å². The van der Waals surface area contributed by atoms with Gasteiger partial charge in [-0.25, -0.2) is 4.79 Å². The van der Waals surface area contributed by atoms with Gasteiger partial charge in [-0.3, -0.25) is 9.59 Å². The summed E-state index contributed by atoms with van der Waals surface area (Å²) in [7, 11) is 0. The van der Waals surface area contributed by atoms with E-state index in [2.05, 4.69) is 5.32 Å². The Balaban J connectivity index is 1.51. The van der Waals surface area contributed by atoms with Gasteiger partial charge in [-0.2, -0.15) is 0 Å². The van der Waals surface area contributed by atoms with Crippen LogP contribution in [0.5, 0.6) is 0 Å². The van der Waals surface area contributed by atoms with Gasteiger partial charge in [-0.05, 0) is 54.8 Å². The Morgan fingerprint density at radius 3 is 2.41 bits per heavy atom. The van der Waals surface area contributed by atoms with Gasteiger partial charge in [0.2, 0.25) is 11.8 Å². The molecule has 0 bridgehead atoms. The summed E-state index contributed by atoms with van der Waals surface area (Å²) < 4.78 is 0. The number of anilines is 1. The number of nitrogens with zero attached hydrogens (tertiary/aromatic N) is 1. The summed E-state index contributed by atoms with van der Waals surface area (Å²) in [6.45, 7) is 0.544. The molecule has 1 heterocycles. The molecule has 3 rings (SSSR count). The van der Waals surface area contributed by atoms with Crippen molar-refractivity contribution >= 4 is 35.1 Å². The highest BCUT2D eigenvalue weighted by Crippen LogP contribution is 2.23. The molecule has 27 heavy (non-hydrogen) atoms. The summed E-state index contributed by atoms with van der Waals surface area (Å²) >= 11 is 5.87. The number of aromatic carboxylic acids is 1. The van der Waals surface area contributed by atoms with Gasteiger partial charge in [-0.1, -0.05) is 23.7 Å². The van der Waals surface area contributed by atoms with Crippen LogP contribution in [0.1, 0.15) is 28.8 Å². The smallest absolute Gasteiger partial charge is 0.335 e. The maximum atomic E-state index is 12.5. The third kappa shape index (κ3) is 4.65. The minimum Gasteiger partial charge on any atom is -0.478 e. The van der Waals surface area contributed by atoms with Crippen molar-refractivity contribution in [3.63, 3.8) is 0 Å². The SMILES string of the molecule is O=C(CCc1ccc(C(=O)O)cc1)NC1CCN(c2ccc(Cl)cc2)C1=O. The maximum Gasteiger partial charge on any atom is 0.335 e. The van der Waals surface area contributed by atoms with Crippen molar-refractivity contribution in [3.8, 4) is 0 Å². The van der Waals surface area contributed by atoms with Gasteiger partial charge < -0.3 is 15.3 Å². The van der Waals surface area contributed by atoms with E-state index in [0.29, 0.717) is 24.4 Å². The first kappa shape index (κ1) is 18.9. The van der Waals surface area contributed by atoms with E-state index in [1.807, 2.05) is 0 Å². The predicted molar refractivity (Wildman–Crippen MR) is 102 cm³/mol. The molecule has 2 amide bonds. The number of nitrogens with one attached hydrogen (secondary N) is 1. The fourth-order valence-electron chi connectivity index (χ4n) is 3.03. The van der Waals surface area contributed by atoms with Gasteiger partial charge in [0.15, 0.2) is 0 Å². The molecule has 2 aromatic rings. The number of hydrogen-bond donors (Lipinski definition) is 2. The first-order chi connectivity index (χ1) is 12.9. The summed E-state index contributed by atoms with van der Waals surface area (Å²) in [6.07, 6.45) is 1.27. The first-order valence-electron chi connectivity index (χ1n) is 8.62. The number of carbonyl (C=O) groups excluding carboxylic acids is 2. The molecule has 1 saturated heterocycles. The Hall–Kier alpha value is -2.86. The van der Waals surface area contributed by atoms with Crippen molar-refractivity contribution in [1.29, 1.82) is 0 Å². The molecule has 2 aromatic carbocycles. The lowest BCUT2D eigenvalue weighted by molar-refractivity contribution is -0.126. The van der Waals surface area contributed by atoms with Crippen LogP contribution >= 0.6 is 11.6 Å². The lowest BCUT2D eigenvalue weighted by atomic mass is 10.1. The lowest BCUT2D eigenvalue weighted by Gasteiger charge is -2.17. The number of rotatable bonds is 6. The fraction of sp³-hybridized carbons (Fsp3) is 0.250. The van der Waals surface area contributed by atoms with E-state index in [-0.39, 0.29) is 23.8 Å². The van der Waals surface area contributed by atoms with Crippen LogP contribution in [-0.4, -0.2) is 35.5 Å². The molecule has 1 fully saturated rings. The zero-order valence-electron chi connectivity index (χ0n) is 14.5. The monoisotopic (exact) mass is 386 g/mol. The maximum absolute atomic E-state index is 12.5. The zero-order chi connectivity index (χ0) is 19.4. The largest absolute Gasteiger partial charge is 0.478 e. The second-order valence-corrected chi connectivity index (χ2v) is 6.81. The van der Waals surface area contributed by atoms with E-state index >= 15 is 0 Å². The number of carboxylic acid groups (broad SMARTS) is 1. The first-order valence-corrected chi connectivity index (χ1v) is 9.00. The van der Waals surface area contributed by atoms with Gasteiger partial charge in [0.25, 0.3) is 0 Å². The molecule has 7 heteroatoms. The highest BCUT2D eigenvalue weighted by atomic mass is 35.5. The number of carbonyl (C=O) groups is 3. The Morgan fingerprint density at radius 2 is 1.78 bits per heavy atom. The Labute approximate surface area is 161 Å². The molecule has 6 nitrogen and oxygen atoms in total. The second-order valence-electron chi connectivity index (χ2n) is 6.38. The van der Waals surface area contributed by atoms with Crippen molar-refractivity contribution in [2.75, 3.05) is 11.4 Å². The summed E-state index contributed by atoms with van der Waals surface area (Å²) in [4.78, 5) is 37.2. The average molecular weight is 387 g/mol. The number of benzene rings is 2. The summed E-state index contributed by atoms with van der Waals surface area (Å²) in [5.74, 6) is -1.31. The van der Waals surface area contributed by atoms with Crippen LogP contribution in [-0.2, 0) is 16.0 Å². The molecular weight excluding hydrogens is 368 g/mol. The molecule has 1 atom stereocenters. The van der Waals surface area contributed by atoms with Crippen LogP contribution in [0.3, 0.4) is 0 Å². The topological polar surface area (TPSA) is 86.7 Å². The van der Waals surface area contributed by atoms with Gasteiger partial charge >= 0.3 is 5.97 Å². The van der Waals surface area contributed by atoms with Crippen molar-refractivity contribution in [3.05, 3.63) is 64.7 Å². The molecule has 0 radical (unpaired) electrons. The normalized spacial score (nSPS) is 16.4.